The summed E-state index contributed by atoms with van der Waals surface area (Å²) in [4.78, 5) is 0. The first-order valence-electron chi connectivity index (χ1n) is 7.80. The summed E-state index contributed by atoms with van der Waals surface area (Å²) < 4.78 is 4.84. The van der Waals surface area contributed by atoms with E-state index in [9.17, 15) is 0 Å². The van der Waals surface area contributed by atoms with Crippen molar-refractivity contribution in [3.05, 3.63) is 91.0 Å². The number of hydrogen-bond acceptors (Lipinski definition) is 2. The largest absolute Gasteiger partial charge is 0.282 e. The fourth-order valence-corrected chi connectivity index (χ4v) is 6.08. The molecule has 3 aromatic carbocycles. The Morgan fingerprint density at radius 2 is 0.833 bits per heavy atom. The molecule has 2 nitrogen and oxygen atoms in total. The Bertz CT molecular complexity index is 682. The molecule has 24 heavy (non-hydrogen) atoms. The van der Waals surface area contributed by atoms with Crippen LogP contribution in [0.2, 0.25) is 0 Å². The zero-order valence-electron chi connectivity index (χ0n) is 13.6. The van der Waals surface area contributed by atoms with Crippen molar-refractivity contribution in [3.8, 4) is 0 Å². The first-order chi connectivity index (χ1) is 11.8. The second-order valence-corrected chi connectivity index (χ2v) is 9.61. The van der Waals surface area contributed by atoms with Gasteiger partial charge < -0.3 is 0 Å². The molecule has 0 bridgehead atoms. The molecular weight excluding hydrogens is 340 g/mol. The van der Waals surface area contributed by atoms with Crippen LogP contribution in [0.25, 0.3) is 0 Å². The smallest absolute Gasteiger partial charge is 0.199 e. The highest BCUT2D eigenvalue weighted by atomic mass is 28.3. The minimum Gasteiger partial charge on any atom is -0.282 e. The van der Waals surface area contributed by atoms with Gasteiger partial charge in [-0.05, 0) is 22.6 Å². The SMILES string of the molecule is CN([Si]c1ccccc1)N([Si]c1ccccc1)[Si]c1ccccc1. The summed E-state index contributed by atoms with van der Waals surface area (Å²) in [5.74, 6) is 0. The van der Waals surface area contributed by atoms with Gasteiger partial charge in [0.15, 0.2) is 29.0 Å². The van der Waals surface area contributed by atoms with Gasteiger partial charge in [-0.3, -0.25) is 9.01 Å². The summed E-state index contributed by atoms with van der Waals surface area (Å²) in [6, 6.07) is 32.1. The lowest BCUT2D eigenvalue weighted by atomic mass is 10.4. The Morgan fingerprint density at radius 3 is 1.21 bits per heavy atom. The van der Waals surface area contributed by atoms with Crippen molar-refractivity contribution in [1.29, 1.82) is 0 Å². The fourth-order valence-electron chi connectivity index (χ4n) is 2.20. The van der Waals surface area contributed by atoms with Gasteiger partial charge in [0.25, 0.3) is 0 Å². The Labute approximate surface area is 151 Å². The van der Waals surface area contributed by atoms with Gasteiger partial charge in [-0.1, -0.05) is 91.0 Å². The lowest BCUT2D eigenvalue weighted by Gasteiger charge is -2.31. The average molecular weight is 359 g/mol. The van der Waals surface area contributed by atoms with Gasteiger partial charge in [0.2, 0.25) is 0 Å². The normalized spacial score (nSPS) is 11.1. The van der Waals surface area contributed by atoms with Crippen LogP contribution in [0.15, 0.2) is 91.0 Å². The van der Waals surface area contributed by atoms with Crippen LogP contribution in [0.4, 0.5) is 0 Å². The van der Waals surface area contributed by atoms with Gasteiger partial charge in [-0.15, -0.1) is 0 Å². The molecule has 0 unspecified atom stereocenters. The molecule has 0 atom stereocenters. The molecule has 116 valence electrons. The van der Waals surface area contributed by atoms with Gasteiger partial charge in [0.1, 0.15) is 0 Å². The Balaban J connectivity index is 1.75. The van der Waals surface area contributed by atoms with E-state index in [-0.39, 0.29) is 0 Å². The third-order valence-corrected chi connectivity index (χ3v) is 7.77. The lowest BCUT2D eigenvalue weighted by Crippen LogP contribution is -2.55. The summed E-state index contributed by atoms with van der Waals surface area (Å²) in [7, 11) is 4.09. The van der Waals surface area contributed by atoms with Crippen molar-refractivity contribution >= 4 is 44.6 Å². The highest BCUT2D eigenvalue weighted by molar-refractivity contribution is 6.67. The standard InChI is InChI=1S/C19H18N2Si3/c1-20(22-17-11-5-2-6-12-17)21(23-18-13-7-3-8-14-18)24-19-15-9-4-10-16-19/h2-16H,1H3. The van der Waals surface area contributed by atoms with E-state index in [1.165, 1.54) is 15.6 Å². The molecular formula is C19H18N2Si3. The monoisotopic (exact) mass is 358 g/mol. The van der Waals surface area contributed by atoms with Crippen LogP contribution in [0.5, 0.6) is 0 Å². The van der Waals surface area contributed by atoms with Crippen LogP contribution in [-0.4, -0.2) is 45.1 Å². The van der Waals surface area contributed by atoms with Crippen molar-refractivity contribution in [1.82, 2.24) is 9.01 Å². The van der Waals surface area contributed by atoms with Crippen molar-refractivity contribution < 1.29 is 0 Å². The molecule has 5 heteroatoms. The predicted octanol–water partition coefficient (Wildman–Crippen LogP) is 0.969. The number of rotatable bonds is 7. The first kappa shape index (κ1) is 17.1. The van der Waals surface area contributed by atoms with E-state index in [0.717, 1.165) is 0 Å². The molecule has 0 aliphatic rings. The van der Waals surface area contributed by atoms with E-state index >= 15 is 0 Å². The van der Waals surface area contributed by atoms with Crippen LogP contribution in [0.1, 0.15) is 0 Å². The maximum Gasteiger partial charge on any atom is 0.199 e. The summed E-state index contributed by atoms with van der Waals surface area (Å²) in [5.41, 5.74) is 0. The number of hydrazine groups is 1. The molecule has 3 aromatic rings. The van der Waals surface area contributed by atoms with Crippen LogP contribution in [0.3, 0.4) is 0 Å². The summed E-state index contributed by atoms with van der Waals surface area (Å²) in [6.45, 7) is 0. The van der Waals surface area contributed by atoms with Crippen molar-refractivity contribution in [2.24, 2.45) is 0 Å². The molecule has 0 aliphatic carbocycles. The summed E-state index contributed by atoms with van der Waals surface area (Å²) >= 11 is 0. The highest BCUT2D eigenvalue weighted by Crippen LogP contribution is 1.94. The second kappa shape index (κ2) is 8.91. The summed E-state index contributed by atoms with van der Waals surface area (Å²) in [6.07, 6.45) is 0. The number of hydrogen-bond donors (Lipinski definition) is 0. The van der Waals surface area contributed by atoms with Gasteiger partial charge in [-0.2, -0.15) is 0 Å². The Morgan fingerprint density at radius 1 is 0.500 bits per heavy atom. The Kier molecular flexibility index (Phi) is 6.34. The van der Waals surface area contributed by atoms with Gasteiger partial charge >= 0.3 is 0 Å². The van der Waals surface area contributed by atoms with E-state index < -0.39 is 0 Å². The molecule has 0 aromatic heterocycles. The fraction of sp³-hybridized carbons (Fsp3) is 0.0526. The molecule has 0 saturated heterocycles. The minimum absolute atomic E-state index is 0.632. The quantitative estimate of drug-likeness (QED) is 0.459. The van der Waals surface area contributed by atoms with Crippen LogP contribution >= 0.6 is 0 Å². The van der Waals surface area contributed by atoms with Crippen LogP contribution in [0, 0.1) is 0 Å². The van der Waals surface area contributed by atoms with Crippen molar-refractivity contribution in [3.63, 3.8) is 0 Å². The third-order valence-electron chi connectivity index (χ3n) is 3.38. The highest BCUT2D eigenvalue weighted by Gasteiger charge is 2.16. The number of benzene rings is 3. The Hall–Kier alpha value is -1.77. The average Bonchev–Trinajstić information content (AvgIpc) is 2.64. The van der Waals surface area contributed by atoms with Crippen LogP contribution < -0.4 is 15.6 Å². The lowest BCUT2D eigenvalue weighted by molar-refractivity contribution is 0.334. The van der Waals surface area contributed by atoms with Gasteiger partial charge in [0.05, 0.1) is 0 Å². The molecule has 0 spiro atoms. The van der Waals surface area contributed by atoms with Crippen LogP contribution in [-0.2, 0) is 0 Å². The molecule has 0 fully saturated rings. The maximum atomic E-state index is 2.47. The molecule has 3 rings (SSSR count). The molecule has 6 radical (unpaired) electrons. The molecule has 0 heterocycles. The van der Waals surface area contributed by atoms with E-state index in [4.69, 9.17) is 0 Å². The first-order valence-corrected chi connectivity index (χ1v) is 10.6. The predicted molar refractivity (Wildman–Crippen MR) is 105 cm³/mol. The maximum absolute atomic E-state index is 2.47. The molecule has 0 aliphatic heterocycles. The van der Waals surface area contributed by atoms with E-state index in [0.29, 0.717) is 29.0 Å². The van der Waals surface area contributed by atoms with Gasteiger partial charge in [0, 0.05) is 0 Å². The zero-order chi connectivity index (χ0) is 16.6. The zero-order valence-corrected chi connectivity index (χ0v) is 16.6. The third kappa shape index (κ3) is 5.12. The summed E-state index contributed by atoms with van der Waals surface area (Å²) in [5, 5.41) is 4.09. The minimum atomic E-state index is 0.632. The topological polar surface area (TPSA) is 6.48 Å². The van der Waals surface area contributed by atoms with Crippen molar-refractivity contribution in [2.45, 2.75) is 0 Å². The van der Waals surface area contributed by atoms with E-state index in [1.807, 2.05) is 0 Å². The van der Waals surface area contributed by atoms with E-state index in [2.05, 4.69) is 107 Å². The van der Waals surface area contributed by atoms with Gasteiger partial charge in [-0.25, -0.2) is 0 Å². The second-order valence-electron chi connectivity index (χ2n) is 5.27. The molecule has 0 N–H and O–H groups in total. The number of nitrogens with zero attached hydrogens (tertiary/aromatic N) is 2. The van der Waals surface area contributed by atoms with Crippen molar-refractivity contribution in [2.75, 3.05) is 7.05 Å². The molecule has 0 saturated carbocycles. The molecule has 0 amide bonds. The van der Waals surface area contributed by atoms with E-state index in [1.54, 1.807) is 0 Å².